The molecule has 0 bridgehead atoms. The Bertz CT molecular complexity index is 943. The molecular weight excluding hydrogens is 404 g/mol. The van der Waals surface area contributed by atoms with E-state index in [1.165, 1.54) is 5.56 Å². The maximum atomic E-state index is 12.8. The van der Waals surface area contributed by atoms with Crippen LogP contribution in [-0.2, 0) is 17.9 Å². The highest BCUT2D eigenvalue weighted by molar-refractivity contribution is 5.95. The van der Waals surface area contributed by atoms with Gasteiger partial charge in [-0.15, -0.1) is 0 Å². The summed E-state index contributed by atoms with van der Waals surface area (Å²) in [6, 6.07) is 6.24. The average molecular weight is 439 g/mol. The Hall–Kier alpha value is -2.51. The number of nitrogens with zero attached hydrogens (tertiary/aromatic N) is 4. The predicted octanol–water partition coefficient (Wildman–Crippen LogP) is 3.56. The molecule has 7 heteroatoms. The Labute approximate surface area is 190 Å². The molecule has 1 atom stereocenters. The lowest BCUT2D eigenvalue weighted by molar-refractivity contribution is 0.0791. The fourth-order valence-electron chi connectivity index (χ4n) is 4.84. The summed E-state index contributed by atoms with van der Waals surface area (Å²) in [6.45, 7) is 6.96. The van der Waals surface area contributed by atoms with Crippen LogP contribution < -0.4 is 4.74 Å². The number of likely N-dealkylation sites (tertiary alicyclic amines) is 2. The van der Waals surface area contributed by atoms with Crippen LogP contribution in [0.15, 0.2) is 24.4 Å². The fraction of sp³-hybridized carbons (Fsp3) is 0.560. The second kappa shape index (κ2) is 10.4. The largest absolute Gasteiger partial charge is 0.496 e. The minimum atomic E-state index is 0.0693. The summed E-state index contributed by atoms with van der Waals surface area (Å²) in [6.07, 6.45) is 6.08. The first-order valence-corrected chi connectivity index (χ1v) is 11.6. The Balaban J connectivity index is 1.45. The molecule has 0 radical (unpaired) electrons. The van der Waals surface area contributed by atoms with E-state index in [2.05, 4.69) is 16.0 Å². The van der Waals surface area contributed by atoms with Gasteiger partial charge >= 0.3 is 0 Å². The molecule has 2 aromatic rings. The maximum absolute atomic E-state index is 12.8. The van der Waals surface area contributed by atoms with E-state index in [4.69, 9.17) is 14.5 Å². The zero-order valence-corrected chi connectivity index (χ0v) is 19.5. The number of ether oxygens (including phenoxy) is 2. The van der Waals surface area contributed by atoms with Gasteiger partial charge in [-0.25, -0.2) is 9.97 Å². The van der Waals surface area contributed by atoms with Crippen molar-refractivity contribution in [3.8, 4) is 5.75 Å². The predicted molar refractivity (Wildman–Crippen MR) is 123 cm³/mol. The summed E-state index contributed by atoms with van der Waals surface area (Å²) in [5, 5.41) is 0. The van der Waals surface area contributed by atoms with E-state index < -0.39 is 0 Å². The third-order valence-corrected chi connectivity index (χ3v) is 6.54. The molecule has 4 rings (SSSR count). The van der Waals surface area contributed by atoms with Crippen LogP contribution >= 0.6 is 0 Å². The van der Waals surface area contributed by atoms with Crippen molar-refractivity contribution in [2.24, 2.45) is 0 Å². The second-order valence-corrected chi connectivity index (χ2v) is 8.88. The number of amides is 1. The van der Waals surface area contributed by atoms with E-state index in [1.807, 2.05) is 24.0 Å². The SMILES string of the molecule is COCc1ccc(OC)c(CN2CCC[C@H](c3ncc(C(=O)N4CCCC4)c(C)n3)C2)c1. The van der Waals surface area contributed by atoms with Gasteiger partial charge in [0.1, 0.15) is 11.6 Å². The quantitative estimate of drug-likeness (QED) is 0.659. The Kier molecular flexibility index (Phi) is 7.37. The van der Waals surface area contributed by atoms with Gasteiger partial charge in [-0.1, -0.05) is 6.07 Å². The van der Waals surface area contributed by atoms with Crippen LogP contribution in [0.4, 0.5) is 0 Å². The molecule has 7 nitrogen and oxygen atoms in total. The molecule has 0 spiro atoms. The van der Waals surface area contributed by atoms with Crippen molar-refractivity contribution in [3.05, 3.63) is 52.6 Å². The number of carbonyl (C=O) groups is 1. The van der Waals surface area contributed by atoms with Gasteiger partial charge in [0, 0.05) is 51.0 Å². The highest BCUT2D eigenvalue weighted by Crippen LogP contribution is 2.29. The molecule has 1 amide bonds. The van der Waals surface area contributed by atoms with Gasteiger partial charge in [0.05, 0.1) is 25.0 Å². The van der Waals surface area contributed by atoms with Crippen molar-refractivity contribution < 1.29 is 14.3 Å². The molecule has 172 valence electrons. The van der Waals surface area contributed by atoms with Crippen molar-refractivity contribution in [2.45, 2.75) is 51.7 Å². The lowest BCUT2D eigenvalue weighted by atomic mass is 9.96. The van der Waals surface area contributed by atoms with Gasteiger partial charge in [0.25, 0.3) is 5.91 Å². The number of piperidine rings is 1. The average Bonchev–Trinajstić information content (AvgIpc) is 3.34. The smallest absolute Gasteiger partial charge is 0.257 e. The van der Waals surface area contributed by atoms with E-state index in [0.29, 0.717) is 12.2 Å². The van der Waals surface area contributed by atoms with Crippen LogP contribution in [0.5, 0.6) is 5.75 Å². The fourth-order valence-corrected chi connectivity index (χ4v) is 4.84. The van der Waals surface area contributed by atoms with Crippen LogP contribution in [0.2, 0.25) is 0 Å². The van der Waals surface area contributed by atoms with Crippen LogP contribution in [-0.4, -0.2) is 66.1 Å². The van der Waals surface area contributed by atoms with Crippen molar-refractivity contribution >= 4 is 5.91 Å². The zero-order valence-electron chi connectivity index (χ0n) is 19.5. The highest BCUT2D eigenvalue weighted by atomic mass is 16.5. The van der Waals surface area contributed by atoms with Gasteiger partial charge in [-0.2, -0.15) is 0 Å². The monoisotopic (exact) mass is 438 g/mol. The molecule has 1 aromatic carbocycles. The maximum Gasteiger partial charge on any atom is 0.257 e. The van der Waals surface area contributed by atoms with Gasteiger partial charge in [0.15, 0.2) is 0 Å². The Morgan fingerprint density at radius 2 is 1.97 bits per heavy atom. The first-order chi connectivity index (χ1) is 15.6. The molecule has 32 heavy (non-hydrogen) atoms. The van der Waals surface area contributed by atoms with E-state index in [1.54, 1.807) is 20.4 Å². The molecule has 0 aliphatic carbocycles. The van der Waals surface area contributed by atoms with Crippen molar-refractivity contribution in [1.82, 2.24) is 19.8 Å². The van der Waals surface area contributed by atoms with Gasteiger partial charge in [-0.3, -0.25) is 9.69 Å². The van der Waals surface area contributed by atoms with Crippen LogP contribution in [0.3, 0.4) is 0 Å². The van der Waals surface area contributed by atoms with Gasteiger partial charge < -0.3 is 14.4 Å². The molecule has 0 N–H and O–H groups in total. The number of methoxy groups -OCH3 is 2. The highest BCUT2D eigenvalue weighted by Gasteiger charge is 2.27. The van der Waals surface area contributed by atoms with Crippen LogP contribution in [0, 0.1) is 6.92 Å². The normalized spacial score (nSPS) is 19.3. The number of aromatic nitrogens is 2. The van der Waals surface area contributed by atoms with E-state index >= 15 is 0 Å². The molecule has 2 aliphatic heterocycles. The summed E-state index contributed by atoms with van der Waals surface area (Å²) in [4.78, 5) is 26.5. The molecule has 0 saturated carbocycles. The van der Waals surface area contributed by atoms with Crippen molar-refractivity contribution in [1.29, 1.82) is 0 Å². The van der Waals surface area contributed by atoms with Crippen LogP contribution in [0.25, 0.3) is 0 Å². The molecule has 1 aromatic heterocycles. The molecule has 2 fully saturated rings. The molecule has 2 aliphatic rings. The first kappa shape index (κ1) is 22.7. The van der Waals surface area contributed by atoms with E-state index in [-0.39, 0.29) is 11.8 Å². The summed E-state index contributed by atoms with van der Waals surface area (Å²) >= 11 is 0. The summed E-state index contributed by atoms with van der Waals surface area (Å²) in [5.74, 6) is 2.10. The molecule has 2 saturated heterocycles. The number of hydrogen-bond acceptors (Lipinski definition) is 6. The number of benzene rings is 1. The second-order valence-electron chi connectivity index (χ2n) is 8.88. The summed E-state index contributed by atoms with van der Waals surface area (Å²) in [7, 11) is 3.43. The molecular formula is C25H34N4O3. The topological polar surface area (TPSA) is 67.8 Å². The minimum Gasteiger partial charge on any atom is -0.496 e. The zero-order chi connectivity index (χ0) is 22.5. The number of rotatable bonds is 7. The first-order valence-electron chi connectivity index (χ1n) is 11.6. The van der Waals surface area contributed by atoms with Crippen LogP contribution in [0.1, 0.15) is 64.6 Å². The third-order valence-electron chi connectivity index (χ3n) is 6.54. The Morgan fingerprint density at radius 1 is 1.16 bits per heavy atom. The molecule has 3 heterocycles. The summed E-state index contributed by atoms with van der Waals surface area (Å²) in [5.41, 5.74) is 3.75. The van der Waals surface area contributed by atoms with Crippen molar-refractivity contribution in [2.75, 3.05) is 40.4 Å². The number of aryl methyl sites for hydroxylation is 1. The number of hydrogen-bond donors (Lipinski definition) is 0. The standard InChI is InChI=1S/C25H34N4O3/c1-18-22(25(30)29-11-4-5-12-29)14-26-24(27-18)20-7-6-10-28(15-20)16-21-13-19(17-31-2)8-9-23(21)32-3/h8-9,13-14,20H,4-7,10-12,15-17H2,1-3H3/t20-/m0/s1. The van der Waals surface area contributed by atoms with Gasteiger partial charge in [-0.05, 0) is 56.8 Å². The number of carbonyl (C=O) groups excluding carboxylic acids is 1. The minimum absolute atomic E-state index is 0.0693. The summed E-state index contributed by atoms with van der Waals surface area (Å²) < 4.78 is 10.9. The molecule has 0 unspecified atom stereocenters. The van der Waals surface area contributed by atoms with E-state index in [0.717, 1.165) is 81.2 Å². The van der Waals surface area contributed by atoms with Crippen molar-refractivity contribution in [3.63, 3.8) is 0 Å². The lowest BCUT2D eigenvalue weighted by Crippen LogP contribution is -2.35. The Morgan fingerprint density at radius 3 is 2.69 bits per heavy atom. The van der Waals surface area contributed by atoms with E-state index in [9.17, 15) is 4.79 Å². The third kappa shape index (κ3) is 5.10. The lowest BCUT2D eigenvalue weighted by Gasteiger charge is -2.32. The van der Waals surface area contributed by atoms with Gasteiger partial charge in [0.2, 0.25) is 0 Å².